The normalized spacial score (nSPS) is 20.4. The van der Waals surface area contributed by atoms with E-state index in [0.29, 0.717) is 17.9 Å². The summed E-state index contributed by atoms with van der Waals surface area (Å²) in [5.74, 6) is -0.377. The van der Waals surface area contributed by atoms with E-state index >= 15 is 0 Å². The average molecular weight is 258 g/mol. The average Bonchev–Trinajstić information content (AvgIpc) is 2.33. The number of piperidine rings is 1. The van der Waals surface area contributed by atoms with E-state index in [4.69, 9.17) is 11.6 Å². The van der Waals surface area contributed by atoms with Crippen molar-refractivity contribution in [3.63, 3.8) is 0 Å². The number of hydrogen-bond donors (Lipinski definition) is 4. The molecule has 4 nitrogen and oxygen atoms in total. The molecule has 2 rings (SSSR count). The third kappa shape index (κ3) is 2.58. The third-order valence-corrected chi connectivity index (χ3v) is 3.61. The maximum Gasteiger partial charge on any atom is 0.162 e. The van der Waals surface area contributed by atoms with Crippen LogP contribution in [0.3, 0.4) is 0 Å². The van der Waals surface area contributed by atoms with Crippen LogP contribution in [-0.2, 0) is 6.42 Å². The first-order chi connectivity index (χ1) is 8.09. The Morgan fingerprint density at radius 1 is 1.29 bits per heavy atom. The highest BCUT2D eigenvalue weighted by Crippen LogP contribution is 2.42. The molecule has 94 valence electrons. The van der Waals surface area contributed by atoms with E-state index in [1.165, 1.54) is 0 Å². The number of rotatable bonds is 2. The fraction of sp³-hybridized carbons (Fsp3) is 0.500. The first-order valence-electron chi connectivity index (χ1n) is 5.72. The second-order valence-corrected chi connectivity index (χ2v) is 4.85. The van der Waals surface area contributed by atoms with Crippen molar-refractivity contribution in [1.82, 2.24) is 5.32 Å². The van der Waals surface area contributed by atoms with Crippen molar-refractivity contribution in [2.45, 2.75) is 19.3 Å². The lowest BCUT2D eigenvalue weighted by molar-refractivity contribution is 0.359. The number of benzene rings is 1. The van der Waals surface area contributed by atoms with Crippen LogP contribution < -0.4 is 5.32 Å². The van der Waals surface area contributed by atoms with Crippen molar-refractivity contribution in [2.75, 3.05) is 13.1 Å². The molecule has 1 saturated heterocycles. The molecule has 0 bridgehead atoms. The minimum absolute atomic E-state index is 0.130. The van der Waals surface area contributed by atoms with Gasteiger partial charge in [-0.2, -0.15) is 0 Å². The molecule has 17 heavy (non-hydrogen) atoms. The van der Waals surface area contributed by atoms with Crippen molar-refractivity contribution in [3.05, 3.63) is 16.7 Å². The Morgan fingerprint density at radius 2 is 2.06 bits per heavy atom. The molecule has 0 aliphatic carbocycles. The van der Waals surface area contributed by atoms with Crippen LogP contribution >= 0.6 is 11.6 Å². The SMILES string of the molecule is Oc1cc(O)c(Cl)c(CC2CCCNC2)c1O. The van der Waals surface area contributed by atoms with Crippen LogP contribution in [0.4, 0.5) is 0 Å². The fourth-order valence-electron chi connectivity index (χ4n) is 2.25. The zero-order valence-electron chi connectivity index (χ0n) is 9.41. The monoisotopic (exact) mass is 257 g/mol. The van der Waals surface area contributed by atoms with E-state index in [0.717, 1.165) is 32.0 Å². The lowest BCUT2D eigenvalue weighted by atomic mass is 9.91. The van der Waals surface area contributed by atoms with E-state index in [1.54, 1.807) is 0 Å². The van der Waals surface area contributed by atoms with Crippen LogP contribution in [-0.4, -0.2) is 28.4 Å². The highest BCUT2D eigenvalue weighted by atomic mass is 35.5. The van der Waals surface area contributed by atoms with E-state index in [9.17, 15) is 15.3 Å². The first kappa shape index (κ1) is 12.3. The smallest absolute Gasteiger partial charge is 0.162 e. The van der Waals surface area contributed by atoms with Gasteiger partial charge in [-0.15, -0.1) is 0 Å². The molecular weight excluding hydrogens is 242 g/mol. The number of phenolic OH excluding ortho intramolecular Hbond substituents is 3. The molecule has 1 heterocycles. The lowest BCUT2D eigenvalue weighted by Gasteiger charge is -2.23. The van der Waals surface area contributed by atoms with Gasteiger partial charge in [0.25, 0.3) is 0 Å². The Labute approximate surface area is 105 Å². The molecule has 1 aliphatic rings. The van der Waals surface area contributed by atoms with Crippen LogP contribution in [0.2, 0.25) is 5.02 Å². The molecule has 0 aromatic heterocycles. The third-order valence-electron chi connectivity index (χ3n) is 3.18. The highest BCUT2D eigenvalue weighted by Gasteiger charge is 2.21. The summed E-state index contributed by atoms with van der Waals surface area (Å²) in [5, 5.41) is 32.1. The van der Waals surface area contributed by atoms with Crippen LogP contribution in [0.5, 0.6) is 17.2 Å². The molecule has 1 aromatic rings. The largest absolute Gasteiger partial charge is 0.506 e. The van der Waals surface area contributed by atoms with Crippen molar-refractivity contribution in [1.29, 1.82) is 0 Å². The van der Waals surface area contributed by atoms with Crippen LogP contribution in [0.15, 0.2) is 6.07 Å². The zero-order valence-corrected chi connectivity index (χ0v) is 10.2. The molecule has 1 fully saturated rings. The maximum absolute atomic E-state index is 9.77. The van der Waals surface area contributed by atoms with Crippen molar-refractivity contribution >= 4 is 11.6 Å². The Hall–Kier alpha value is -1.13. The molecule has 1 atom stereocenters. The van der Waals surface area contributed by atoms with E-state index in [1.807, 2.05) is 0 Å². The summed E-state index contributed by atoms with van der Waals surface area (Å²) in [6.07, 6.45) is 2.70. The van der Waals surface area contributed by atoms with Gasteiger partial charge in [0.15, 0.2) is 11.5 Å². The van der Waals surface area contributed by atoms with Crippen molar-refractivity contribution in [3.8, 4) is 17.2 Å². The number of hydrogen-bond acceptors (Lipinski definition) is 4. The van der Waals surface area contributed by atoms with Gasteiger partial charge in [0.1, 0.15) is 5.75 Å². The molecule has 4 N–H and O–H groups in total. The van der Waals surface area contributed by atoms with Gasteiger partial charge in [-0.3, -0.25) is 0 Å². The van der Waals surface area contributed by atoms with Crippen LogP contribution in [0.1, 0.15) is 18.4 Å². The van der Waals surface area contributed by atoms with Crippen LogP contribution in [0, 0.1) is 5.92 Å². The molecule has 0 spiro atoms. The lowest BCUT2D eigenvalue weighted by Crippen LogP contribution is -2.30. The topological polar surface area (TPSA) is 72.7 Å². The molecule has 0 amide bonds. The summed E-state index contributed by atoms with van der Waals surface area (Å²) in [5.41, 5.74) is 0.429. The summed E-state index contributed by atoms with van der Waals surface area (Å²) in [7, 11) is 0. The standard InChI is InChI=1S/C12H16ClNO3/c13-11-8(4-7-2-1-3-14-6-7)12(17)10(16)5-9(11)15/h5,7,14-17H,1-4,6H2. The van der Waals surface area contributed by atoms with Gasteiger partial charge in [-0.05, 0) is 38.3 Å². The number of nitrogens with one attached hydrogen (secondary N) is 1. The van der Waals surface area contributed by atoms with E-state index < -0.39 is 0 Å². The summed E-state index contributed by atoms with van der Waals surface area (Å²) in [6, 6.07) is 1.06. The fourth-order valence-corrected chi connectivity index (χ4v) is 2.47. The summed E-state index contributed by atoms with van der Waals surface area (Å²) in [4.78, 5) is 0. The molecule has 0 radical (unpaired) electrons. The second kappa shape index (κ2) is 5.02. The predicted octanol–water partition coefficient (Wildman–Crippen LogP) is 2.00. The molecule has 1 aromatic carbocycles. The first-order valence-corrected chi connectivity index (χ1v) is 6.10. The Kier molecular flexibility index (Phi) is 3.64. The molecule has 1 aliphatic heterocycles. The number of halogens is 1. The zero-order chi connectivity index (χ0) is 12.4. The van der Waals surface area contributed by atoms with Gasteiger partial charge in [0, 0.05) is 11.6 Å². The van der Waals surface area contributed by atoms with Gasteiger partial charge in [0.2, 0.25) is 0 Å². The maximum atomic E-state index is 9.77. The summed E-state index contributed by atoms with van der Waals surface area (Å²) in [6.45, 7) is 1.88. The minimum Gasteiger partial charge on any atom is -0.506 e. The minimum atomic E-state index is -0.328. The summed E-state index contributed by atoms with van der Waals surface area (Å²) < 4.78 is 0. The number of phenols is 3. The van der Waals surface area contributed by atoms with Gasteiger partial charge in [-0.1, -0.05) is 11.6 Å². The molecule has 5 heteroatoms. The van der Waals surface area contributed by atoms with Crippen molar-refractivity contribution in [2.24, 2.45) is 5.92 Å². The highest BCUT2D eigenvalue weighted by molar-refractivity contribution is 6.33. The Morgan fingerprint density at radius 3 is 2.71 bits per heavy atom. The molecule has 1 unspecified atom stereocenters. The predicted molar refractivity (Wildman–Crippen MR) is 65.7 cm³/mol. The molecular formula is C12H16ClNO3. The van der Waals surface area contributed by atoms with Gasteiger partial charge < -0.3 is 20.6 Å². The van der Waals surface area contributed by atoms with Gasteiger partial charge >= 0.3 is 0 Å². The van der Waals surface area contributed by atoms with E-state index in [2.05, 4.69) is 5.32 Å². The Bertz CT molecular complexity index is 390. The van der Waals surface area contributed by atoms with Gasteiger partial charge in [0.05, 0.1) is 5.02 Å². The quantitative estimate of drug-likeness (QED) is 0.483. The van der Waals surface area contributed by atoms with Crippen molar-refractivity contribution < 1.29 is 15.3 Å². The van der Waals surface area contributed by atoms with Gasteiger partial charge in [-0.25, -0.2) is 0 Å². The second-order valence-electron chi connectivity index (χ2n) is 4.47. The summed E-state index contributed by atoms with van der Waals surface area (Å²) >= 11 is 5.95. The molecule has 0 saturated carbocycles. The van der Waals surface area contributed by atoms with Crippen LogP contribution in [0.25, 0.3) is 0 Å². The van der Waals surface area contributed by atoms with E-state index in [-0.39, 0.29) is 22.3 Å². The number of aromatic hydroxyl groups is 3. The Balaban J connectivity index is 2.24.